The van der Waals surface area contributed by atoms with E-state index in [-0.39, 0.29) is 11.9 Å². The Balaban J connectivity index is 2.37. The van der Waals surface area contributed by atoms with Crippen LogP contribution in [0.3, 0.4) is 0 Å². The van der Waals surface area contributed by atoms with Crippen LogP contribution in [0.2, 0.25) is 0 Å². The van der Waals surface area contributed by atoms with Gasteiger partial charge in [-0.15, -0.1) is 0 Å². The van der Waals surface area contributed by atoms with Crippen LogP contribution >= 0.6 is 0 Å². The largest absolute Gasteiger partial charge is 0.372 e. The molecule has 1 heterocycles. The summed E-state index contributed by atoms with van der Waals surface area (Å²) in [5.41, 5.74) is 1.83. The third-order valence-electron chi connectivity index (χ3n) is 2.76. The van der Waals surface area contributed by atoms with Gasteiger partial charge in [0.25, 0.3) is 0 Å². The molecule has 1 aliphatic rings. The van der Waals surface area contributed by atoms with Gasteiger partial charge >= 0.3 is 0 Å². The SMILES string of the molecule is CNC[C@@H]1OCCCc2cccc(F)c21. The first kappa shape index (κ1) is 10.6. The molecule has 0 fully saturated rings. The number of hydrogen-bond donors (Lipinski definition) is 1. The summed E-state index contributed by atoms with van der Waals surface area (Å²) in [7, 11) is 1.86. The fourth-order valence-electron chi connectivity index (χ4n) is 2.08. The predicted molar refractivity (Wildman–Crippen MR) is 57.3 cm³/mol. The van der Waals surface area contributed by atoms with Crippen LogP contribution in [-0.2, 0) is 11.2 Å². The second kappa shape index (κ2) is 4.73. The summed E-state index contributed by atoms with van der Waals surface area (Å²) in [4.78, 5) is 0. The van der Waals surface area contributed by atoms with E-state index < -0.39 is 0 Å². The number of fused-ring (bicyclic) bond motifs is 1. The van der Waals surface area contributed by atoms with E-state index in [0.717, 1.165) is 24.0 Å². The highest BCUT2D eigenvalue weighted by molar-refractivity contribution is 5.31. The van der Waals surface area contributed by atoms with Crippen molar-refractivity contribution in [2.24, 2.45) is 0 Å². The zero-order valence-electron chi connectivity index (χ0n) is 8.92. The van der Waals surface area contributed by atoms with Crippen molar-refractivity contribution in [3.8, 4) is 0 Å². The van der Waals surface area contributed by atoms with Crippen molar-refractivity contribution in [1.82, 2.24) is 5.32 Å². The molecule has 0 unspecified atom stereocenters. The van der Waals surface area contributed by atoms with E-state index >= 15 is 0 Å². The molecule has 0 spiro atoms. The van der Waals surface area contributed by atoms with Gasteiger partial charge in [0.15, 0.2) is 0 Å². The maximum atomic E-state index is 13.7. The third kappa shape index (κ3) is 2.19. The van der Waals surface area contributed by atoms with E-state index in [9.17, 15) is 4.39 Å². The number of nitrogens with one attached hydrogen (secondary N) is 1. The number of benzene rings is 1. The first-order valence-corrected chi connectivity index (χ1v) is 5.36. The number of rotatable bonds is 2. The van der Waals surface area contributed by atoms with Crippen LogP contribution in [0.1, 0.15) is 23.7 Å². The van der Waals surface area contributed by atoms with Crippen molar-refractivity contribution in [2.45, 2.75) is 18.9 Å². The summed E-state index contributed by atoms with van der Waals surface area (Å²) in [5.74, 6) is -0.144. The molecule has 0 radical (unpaired) electrons. The monoisotopic (exact) mass is 209 g/mol. The van der Waals surface area contributed by atoms with E-state index in [2.05, 4.69) is 5.32 Å². The van der Waals surface area contributed by atoms with Crippen molar-refractivity contribution in [2.75, 3.05) is 20.2 Å². The summed E-state index contributed by atoms with van der Waals surface area (Å²) in [6, 6.07) is 5.28. The Hall–Kier alpha value is -0.930. The number of aryl methyl sites for hydroxylation is 1. The van der Waals surface area contributed by atoms with Gasteiger partial charge in [0.2, 0.25) is 0 Å². The summed E-state index contributed by atoms with van der Waals surface area (Å²) in [6.07, 6.45) is 1.73. The third-order valence-corrected chi connectivity index (χ3v) is 2.76. The number of likely N-dealkylation sites (N-methyl/N-ethyl adjacent to an activating group) is 1. The molecule has 82 valence electrons. The van der Waals surface area contributed by atoms with Crippen molar-refractivity contribution in [3.63, 3.8) is 0 Å². The molecule has 0 saturated heterocycles. The molecule has 0 amide bonds. The van der Waals surface area contributed by atoms with Crippen LogP contribution in [0.5, 0.6) is 0 Å². The Labute approximate surface area is 89.4 Å². The van der Waals surface area contributed by atoms with Gasteiger partial charge in [-0.05, 0) is 31.5 Å². The van der Waals surface area contributed by atoms with Crippen LogP contribution in [0.15, 0.2) is 18.2 Å². The maximum Gasteiger partial charge on any atom is 0.129 e. The Morgan fingerprint density at radius 3 is 3.20 bits per heavy atom. The maximum absolute atomic E-state index is 13.7. The minimum absolute atomic E-state index is 0.144. The van der Waals surface area contributed by atoms with Gasteiger partial charge in [-0.25, -0.2) is 4.39 Å². The van der Waals surface area contributed by atoms with Crippen molar-refractivity contribution >= 4 is 0 Å². The number of halogens is 1. The Kier molecular flexibility index (Phi) is 3.34. The highest BCUT2D eigenvalue weighted by atomic mass is 19.1. The standard InChI is InChI=1S/C12H16FNO/c1-14-8-11-12-9(5-3-7-15-11)4-2-6-10(12)13/h2,4,6,11,14H,3,5,7-8H2,1H3/t11-/m0/s1. The molecule has 3 heteroatoms. The lowest BCUT2D eigenvalue weighted by atomic mass is 9.99. The molecule has 0 saturated carbocycles. The van der Waals surface area contributed by atoms with Crippen molar-refractivity contribution < 1.29 is 9.13 Å². The molecule has 1 N–H and O–H groups in total. The molecular formula is C12H16FNO. The zero-order valence-corrected chi connectivity index (χ0v) is 8.92. The van der Waals surface area contributed by atoms with Gasteiger partial charge < -0.3 is 10.1 Å². The molecular weight excluding hydrogens is 193 g/mol. The van der Waals surface area contributed by atoms with Crippen molar-refractivity contribution in [1.29, 1.82) is 0 Å². The van der Waals surface area contributed by atoms with E-state index in [1.54, 1.807) is 6.07 Å². The van der Waals surface area contributed by atoms with E-state index in [1.165, 1.54) is 6.07 Å². The molecule has 1 aliphatic heterocycles. The van der Waals surface area contributed by atoms with Crippen LogP contribution in [-0.4, -0.2) is 20.2 Å². The highest BCUT2D eigenvalue weighted by Crippen LogP contribution is 2.28. The lowest BCUT2D eigenvalue weighted by molar-refractivity contribution is 0.0556. The Morgan fingerprint density at radius 1 is 1.53 bits per heavy atom. The van der Waals surface area contributed by atoms with E-state index in [0.29, 0.717) is 13.2 Å². The lowest BCUT2D eigenvalue weighted by Gasteiger charge is -2.18. The average molecular weight is 209 g/mol. The van der Waals surface area contributed by atoms with Crippen LogP contribution in [0, 0.1) is 5.82 Å². The molecule has 2 rings (SSSR count). The fourth-order valence-corrected chi connectivity index (χ4v) is 2.08. The normalized spacial score (nSPS) is 20.8. The summed E-state index contributed by atoms with van der Waals surface area (Å²) >= 11 is 0. The van der Waals surface area contributed by atoms with Crippen LogP contribution in [0.4, 0.5) is 4.39 Å². The molecule has 2 nitrogen and oxygen atoms in total. The van der Waals surface area contributed by atoms with Gasteiger partial charge in [-0.1, -0.05) is 12.1 Å². The molecule has 1 aromatic carbocycles. The van der Waals surface area contributed by atoms with E-state index in [4.69, 9.17) is 4.74 Å². The smallest absolute Gasteiger partial charge is 0.129 e. The van der Waals surface area contributed by atoms with Crippen molar-refractivity contribution in [3.05, 3.63) is 35.1 Å². The van der Waals surface area contributed by atoms with Crippen LogP contribution in [0.25, 0.3) is 0 Å². The first-order valence-electron chi connectivity index (χ1n) is 5.36. The quantitative estimate of drug-likeness (QED) is 0.805. The van der Waals surface area contributed by atoms with Gasteiger partial charge in [0.1, 0.15) is 5.82 Å². The Morgan fingerprint density at radius 2 is 2.40 bits per heavy atom. The second-order valence-electron chi connectivity index (χ2n) is 3.83. The summed E-state index contributed by atoms with van der Waals surface area (Å²) in [5, 5.41) is 3.04. The fraction of sp³-hybridized carbons (Fsp3) is 0.500. The zero-order chi connectivity index (χ0) is 10.7. The van der Waals surface area contributed by atoms with E-state index in [1.807, 2.05) is 13.1 Å². The topological polar surface area (TPSA) is 21.3 Å². The highest BCUT2D eigenvalue weighted by Gasteiger charge is 2.21. The lowest BCUT2D eigenvalue weighted by Crippen LogP contribution is -2.20. The summed E-state index contributed by atoms with van der Waals surface area (Å²) < 4.78 is 19.4. The minimum atomic E-state index is -0.145. The van der Waals surface area contributed by atoms with Gasteiger partial charge in [0, 0.05) is 18.7 Å². The van der Waals surface area contributed by atoms with Gasteiger partial charge in [-0.2, -0.15) is 0 Å². The molecule has 0 bridgehead atoms. The molecule has 1 aromatic rings. The molecule has 0 aliphatic carbocycles. The molecule has 0 aromatic heterocycles. The summed E-state index contributed by atoms with van der Waals surface area (Å²) in [6.45, 7) is 1.37. The molecule has 15 heavy (non-hydrogen) atoms. The first-order chi connectivity index (χ1) is 7.33. The average Bonchev–Trinajstić information content (AvgIpc) is 2.42. The van der Waals surface area contributed by atoms with Gasteiger partial charge in [0.05, 0.1) is 6.10 Å². The minimum Gasteiger partial charge on any atom is -0.372 e. The number of hydrogen-bond acceptors (Lipinski definition) is 2. The van der Waals surface area contributed by atoms with Gasteiger partial charge in [-0.3, -0.25) is 0 Å². The second-order valence-corrected chi connectivity index (χ2v) is 3.83. The Bertz CT molecular complexity index is 340. The predicted octanol–water partition coefficient (Wildman–Crippen LogP) is 2.05. The van der Waals surface area contributed by atoms with Crippen LogP contribution < -0.4 is 5.32 Å². The number of ether oxygens (including phenoxy) is 1. The molecule has 1 atom stereocenters.